The van der Waals surface area contributed by atoms with Crippen LogP contribution in [0, 0.1) is 0 Å². The quantitative estimate of drug-likeness (QED) is 0.777. The molecule has 0 amide bonds. The van der Waals surface area contributed by atoms with Crippen molar-refractivity contribution < 1.29 is 0 Å². The molecule has 1 heterocycles. The molecule has 0 saturated carbocycles. The van der Waals surface area contributed by atoms with Crippen molar-refractivity contribution in [3.8, 4) is 0 Å². The van der Waals surface area contributed by atoms with Gasteiger partial charge < -0.3 is 5.32 Å². The highest BCUT2D eigenvalue weighted by molar-refractivity contribution is 7.17. The van der Waals surface area contributed by atoms with E-state index in [0.717, 1.165) is 6.54 Å². The van der Waals surface area contributed by atoms with Gasteiger partial charge in [-0.1, -0.05) is 44.9 Å². The van der Waals surface area contributed by atoms with E-state index >= 15 is 0 Å². The molecule has 0 saturated heterocycles. The van der Waals surface area contributed by atoms with Crippen molar-refractivity contribution in [2.24, 2.45) is 0 Å². The van der Waals surface area contributed by atoms with Gasteiger partial charge in [-0.15, -0.1) is 11.3 Å². The van der Waals surface area contributed by atoms with E-state index in [0.29, 0.717) is 6.04 Å². The van der Waals surface area contributed by atoms with Crippen molar-refractivity contribution in [1.82, 2.24) is 5.32 Å². The molecule has 0 aliphatic heterocycles. The molecule has 2 heteroatoms. The van der Waals surface area contributed by atoms with E-state index in [9.17, 15) is 0 Å². The summed E-state index contributed by atoms with van der Waals surface area (Å²) >= 11 is 1.86. The van der Waals surface area contributed by atoms with Crippen LogP contribution in [0.4, 0.5) is 0 Å². The third kappa shape index (κ3) is 2.88. The summed E-state index contributed by atoms with van der Waals surface area (Å²) in [6.07, 6.45) is 3.79. The number of hydrogen-bond acceptors (Lipinski definition) is 2. The molecule has 1 N–H and O–H groups in total. The van der Waals surface area contributed by atoms with Gasteiger partial charge >= 0.3 is 0 Å². The zero-order valence-corrected chi connectivity index (χ0v) is 11.5. The van der Waals surface area contributed by atoms with Crippen LogP contribution < -0.4 is 5.32 Å². The first-order valence-electron chi connectivity index (χ1n) is 6.56. The molecule has 2 aromatic rings. The van der Waals surface area contributed by atoms with Crippen LogP contribution in [0.25, 0.3) is 10.1 Å². The summed E-state index contributed by atoms with van der Waals surface area (Å²) in [4.78, 5) is 0. The maximum absolute atomic E-state index is 3.62. The average molecular weight is 247 g/mol. The van der Waals surface area contributed by atoms with E-state index < -0.39 is 0 Å². The van der Waals surface area contributed by atoms with Crippen LogP contribution in [0.3, 0.4) is 0 Å². The standard InChI is InChI=1S/C15H21NS/c1-3-5-9-14(16-4-2)13-8-6-7-12-10-11-17-15(12)13/h6-8,10-11,14,16H,3-5,9H2,1-2H3. The van der Waals surface area contributed by atoms with E-state index in [1.807, 2.05) is 11.3 Å². The van der Waals surface area contributed by atoms with Gasteiger partial charge in [0.05, 0.1) is 0 Å². The summed E-state index contributed by atoms with van der Waals surface area (Å²) in [6.45, 7) is 5.48. The number of thiophene rings is 1. The van der Waals surface area contributed by atoms with E-state index in [1.165, 1.54) is 34.9 Å². The van der Waals surface area contributed by atoms with E-state index in [2.05, 4.69) is 48.8 Å². The first-order chi connectivity index (χ1) is 8.36. The van der Waals surface area contributed by atoms with E-state index in [4.69, 9.17) is 0 Å². The molecule has 0 spiro atoms. The fraction of sp³-hybridized carbons (Fsp3) is 0.467. The predicted octanol–water partition coefficient (Wildman–Crippen LogP) is 4.74. The lowest BCUT2D eigenvalue weighted by atomic mass is 10.00. The molecule has 1 nitrogen and oxygen atoms in total. The minimum atomic E-state index is 0.516. The smallest absolute Gasteiger partial charge is 0.0390 e. The summed E-state index contributed by atoms with van der Waals surface area (Å²) in [6, 6.07) is 9.40. The minimum Gasteiger partial charge on any atom is -0.310 e. The second kappa shape index (κ2) is 6.18. The Kier molecular flexibility index (Phi) is 4.57. The van der Waals surface area contributed by atoms with Gasteiger partial charge in [0.25, 0.3) is 0 Å². The summed E-state index contributed by atoms with van der Waals surface area (Å²) < 4.78 is 1.45. The lowest BCUT2D eigenvalue weighted by Crippen LogP contribution is -2.20. The van der Waals surface area contributed by atoms with Crippen molar-refractivity contribution in [1.29, 1.82) is 0 Å². The van der Waals surface area contributed by atoms with E-state index in [1.54, 1.807) is 0 Å². The Bertz CT molecular complexity index is 461. The topological polar surface area (TPSA) is 12.0 Å². The van der Waals surface area contributed by atoms with Crippen molar-refractivity contribution >= 4 is 21.4 Å². The van der Waals surface area contributed by atoms with Crippen LogP contribution in [0.5, 0.6) is 0 Å². The largest absolute Gasteiger partial charge is 0.310 e. The Balaban J connectivity index is 2.30. The van der Waals surface area contributed by atoms with Crippen molar-refractivity contribution in [3.63, 3.8) is 0 Å². The lowest BCUT2D eigenvalue weighted by Gasteiger charge is -2.18. The van der Waals surface area contributed by atoms with Gasteiger partial charge in [-0.3, -0.25) is 0 Å². The summed E-state index contributed by atoms with van der Waals surface area (Å²) in [7, 11) is 0. The van der Waals surface area contributed by atoms with Crippen LogP contribution in [0.2, 0.25) is 0 Å². The second-order valence-corrected chi connectivity index (χ2v) is 5.35. The van der Waals surface area contributed by atoms with Crippen LogP contribution in [-0.2, 0) is 0 Å². The van der Waals surface area contributed by atoms with Gasteiger partial charge in [-0.25, -0.2) is 0 Å². The van der Waals surface area contributed by atoms with Gasteiger partial charge in [0, 0.05) is 10.7 Å². The van der Waals surface area contributed by atoms with Gasteiger partial charge in [0.15, 0.2) is 0 Å². The van der Waals surface area contributed by atoms with Crippen LogP contribution >= 0.6 is 11.3 Å². The normalized spacial score (nSPS) is 13.1. The molecule has 0 aliphatic carbocycles. The maximum Gasteiger partial charge on any atom is 0.0390 e. The van der Waals surface area contributed by atoms with Gasteiger partial charge in [-0.05, 0) is 35.4 Å². The average Bonchev–Trinajstić information content (AvgIpc) is 2.82. The molecule has 1 atom stereocenters. The maximum atomic E-state index is 3.62. The molecule has 0 fully saturated rings. The highest BCUT2D eigenvalue weighted by atomic mass is 32.1. The molecular formula is C15H21NS. The molecule has 92 valence electrons. The number of hydrogen-bond donors (Lipinski definition) is 1. The monoisotopic (exact) mass is 247 g/mol. The number of fused-ring (bicyclic) bond motifs is 1. The number of rotatable bonds is 6. The lowest BCUT2D eigenvalue weighted by molar-refractivity contribution is 0.498. The highest BCUT2D eigenvalue weighted by Crippen LogP contribution is 2.31. The number of benzene rings is 1. The van der Waals surface area contributed by atoms with E-state index in [-0.39, 0.29) is 0 Å². The minimum absolute atomic E-state index is 0.516. The summed E-state index contributed by atoms with van der Waals surface area (Å²) in [5, 5.41) is 7.20. The van der Waals surface area contributed by atoms with Gasteiger partial charge in [0.2, 0.25) is 0 Å². The molecular weight excluding hydrogens is 226 g/mol. The molecule has 0 bridgehead atoms. The Hall–Kier alpha value is -0.860. The molecule has 1 unspecified atom stereocenters. The van der Waals surface area contributed by atoms with Gasteiger partial charge in [0.1, 0.15) is 0 Å². The number of unbranched alkanes of at least 4 members (excludes halogenated alkanes) is 1. The Morgan fingerprint density at radius 3 is 2.88 bits per heavy atom. The second-order valence-electron chi connectivity index (χ2n) is 4.44. The first-order valence-corrected chi connectivity index (χ1v) is 7.44. The molecule has 17 heavy (non-hydrogen) atoms. The zero-order chi connectivity index (χ0) is 12.1. The molecule has 0 radical (unpaired) electrons. The Morgan fingerprint density at radius 2 is 2.12 bits per heavy atom. The van der Waals surface area contributed by atoms with Gasteiger partial charge in [-0.2, -0.15) is 0 Å². The SMILES string of the molecule is CCCCC(NCC)c1cccc2ccsc12. The van der Waals surface area contributed by atoms with Crippen LogP contribution in [-0.4, -0.2) is 6.54 Å². The van der Waals surface area contributed by atoms with Crippen molar-refractivity contribution in [3.05, 3.63) is 35.2 Å². The van der Waals surface area contributed by atoms with Crippen molar-refractivity contribution in [2.75, 3.05) is 6.54 Å². The summed E-state index contributed by atoms with van der Waals surface area (Å²) in [5.41, 5.74) is 1.48. The van der Waals surface area contributed by atoms with Crippen LogP contribution in [0.1, 0.15) is 44.7 Å². The van der Waals surface area contributed by atoms with Crippen molar-refractivity contribution in [2.45, 2.75) is 39.2 Å². The fourth-order valence-electron chi connectivity index (χ4n) is 2.31. The zero-order valence-electron chi connectivity index (χ0n) is 10.7. The third-order valence-electron chi connectivity index (χ3n) is 3.18. The predicted molar refractivity (Wildman–Crippen MR) is 77.8 cm³/mol. The molecule has 0 aliphatic rings. The summed E-state index contributed by atoms with van der Waals surface area (Å²) in [5.74, 6) is 0. The Morgan fingerprint density at radius 1 is 1.24 bits per heavy atom. The first kappa shape index (κ1) is 12.6. The molecule has 1 aromatic carbocycles. The molecule has 2 rings (SSSR count). The molecule has 1 aromatic heterocycles. The third-order valence-corrected chi connectivity index (χ3v) is 4.16. The highest BCUT2D eigenvalue weighted by Gasteiger charge is 2.13. The Labute approximate surface area is 108 Å². The number of nitrogens with one attached hydrogen (secondary N) is 1. The fourth-order valence-corrected chi connectivity index (χ4v) is 3.28. The van der Waals surface area contributed by atoms with Crippen LogP contribution in [0.15, 0.2) is 29.6 Å².